The van der Waals surface area contributed by atoms with Crippen LogP contribution in [0.3, 0.4) is 0 Å². The summed E-state index contributed by atoms with van der Waals surface area (Å²) in [6.45, 7) is 4.53. The number of benzene rings is 6. The Labute approximate surface area is 257 Å². The van der Waals surface area contributed by atoms with E-state index in [-0.39, 0.29) is 0 Å². The van der Waals surface area contributed by atoms with Crippen molar-refractivity contribution in [2.24, 2.45) is 5.92 Å². The van der Waals surface area contributed by atoms with E-state index in [2.05, 4.69) is 152 Å². The molecular formula is C41H32N2O. The second-order valence-electron chi connectivity index (χ2n) is 12.0. The molecule has 0 unspecified atom stereocenters. The Hall–Kier alpha value is -5.41. The van der Waals surface area contributed by atoms with E-state index in [1.54, 1.807) is 0 Å². The van der Waals surface area contributed by atoms with Gasteiger partial charge in [-0.15, -0.1) is 0 Å². The molecule has 0 saturated heterocycles. The number of hydrogen-bond donors (Lipinski definition) is 0. The molecule has 0 fully saturated rings. The number of furan rings is 1. The third-order valence-corrected chi connectivity index (χ3v) is 8.47. The summed E-state index contributed by atoms with van der Waals surface area (Å²) in [6, 6.07) is 47.5. The fraction of sp³-hybridized carbons (Fsp3) is 0.0976. The third kappa shape index (κ3) is 4.49. The Morgan fingerprint density at radius 3 is 2.02 bits per heavy atom. The molecule has 0 amide bonds. The lowest BCUT2D eigenvalue weighted by Gasteiger charge is -2.19. The van der Waals surface area contributed by atoms with Crippen LogP contribution in [-0.2, 0) is 6.42 Å². The summed E-state index contributed by atoms with van der Waals surface area (Å²) < 4.78 is 8.61. The highest BCUT2D eigenvalue weighted by Crippen LogP contribution is 2.42. The number of para-hydroxylation sites is 3. The largest absolute Gasteiger partial charge is 0.464 e. The Balaban J connectivity index is 1.44. The smallest absolute Gasteiger partial charge is 0.149 e. The number of aromatic nitrogens is 2. The zero-order valence-electron chi connectivity index (χ0n) is 24.9. The quantitative estimate of drug-likeness (QED) is 0.200. The van der Waals surface area contributed by atoms with Crippen LogP contribution in [0.25, 0.3) is 72.1 Å². The van der Waals surface area contributed by atoms with Crippen LogP contribution >= 0.6 is 0 Å². The van der Waals surface area contributed by atoms with Gasteiger partial charge in [0.1, 0.15) is 17.7 Å². The highest BCUT2D eigenvalue weighted by atomic mass is 16.3. The summed E-state index contributed by atoms with van der Waals surface area (Å²) in [6.07, 6.45) is 2.93. The predicted molar refractivity (Wildman–Crippen MR) is 183 cm³/mol. The normalized spacial score (nSPS) is 11.7. The van der Waals surface area contributed by atoms with Crippen LogP contribution in [-0.4, -0.2) is 9.55 Å². The topological polar surface area (TPSA) is 31.0 Å². The van der Waals surface area contributed by atoms with Gasteiger partial charge in [-0.2, -0.15) is 0 Å². The van der Waals surface area contributed by atoms with Crippen molar-refractivity contribution in [2.75, 3.05) is 0 Å². The van der Waals surface area contributed by atoms with E-state index in [9.17, 15) is 0 Å². The zero-order chi connectivity index (χ0) is 29.6. The first-order valence-corrected chi connectivity index (χ1v) is 15.3. The molecule has 6 aromatic carbocycles. The lowest BCUT2D eigenvalue weighted by molar-refractivity contribution is 0.617. The molecule has 44 heavy (non-hydrogen) atoms. The number of imidazole rings is 1. The van der Waals surface area contributed by atoms with Crippen LogP contribution in [0.2, 0.25) is 0 Å². The van der Waals surface area contributed by atoms with Crippen LogP contribution in [0, 0.1) is 5.92 Å². The molecular weight excluding hydrogens is 536 g/mol. The summed E-state index contributed by atoms with van der Waals surface area (Å²) in [5, 5.41) is 3.46. The van der Waals surface area contributed by atoms with Gasteiger partial charge >= 0.3 is 0 Å². The molecule has 0 aliphatic carbocycles. The molecule has 3 heteroatoms. The van der Waals surface area contributed by atoms with E-state index >= 15 is 0 Å². The Morgan fingerprint density at radius 1 is 0.636 bits per heavy atom. The van der Waals surface area contributed by atoms with Crippen molar-refractivity contribution >= 4 is 32.8 Å². The van der Waals surface area contributed by atoms with Crippen LogP contribution in [0.15, 0.2) is 144 Å². The molecule has 212 valence electrons. The average molecular weight is 569 g/mol. The first-order valence-electron chi connectivity index (χ1n) is 15.3. The van der Waals surface area contributed by atoms with Crippen molar-refractivity contribution in [1.82, 2.24) is 9.55 Å². The predicted octanol–water partition coefficient (Wildman–Crippen LogP) is 11.1. The van der Waals surface area contributed by atoms with Crippen LogP contribution in [0.5, 0.6) is 0 Å². The van der Waals surface area contributed by atoms with Crippen LogP contribution < -0.4 is 0 Å². The maximum absolute atomic E-state index is 6.27. The molecule has 0 saturated carbocycles. The molecule has 0 radical (unpaired) electrons. The minimum absolute atomic E-state index is 0.601. The fourth-order valence-corrected chi connectivity index (χ4v) is 6.51. The van der Waals surface area contributed by atoms with Gasteiger partial charge in [0.2, 0.25) is 0 Å². The molecule has 0 bridgehead atoms. The lowest BCUT2D eigenvalue weighted by atomic mass is 9.95. The zero-order valence-corrected chi connectivity index (χ0v) is 24.9. The van der Waals surface area contributed by atoms with E-state index in [0.29, 0.717) is 5.92 Å². The summed E-state index contributed by atoms with van der Waals surface area (Å²) in [4.78, 5) is 5.29. The van der Waals surface area contributed by atoms with Crippen molar-refractivity contribution in [2.45, 2.75) is 20.3 Å². The van der Waals surface area contributed by atoms with Crippen molar-refractivity contribution in [3.05, 3.63) is 145 Å². The van der Waals surface area contributed by atoms with Gasteiger partial charge in [0.25, 0.3) is 0 Å². The molecule has 8 aromatic rings. The molecule has 0 atom stereocenters. The second kappa shape index (κ2) is 10.7. The summed E-state index contributed by atoms with van der Waals surface area (Å²) in [7, 11) is 0. The molecule has 0 aliphatic heterocycles. The molecule has 2 aromatic heterocycles. The Kier molecular flexibility index (Phi) is 6.38. The van der Waals surface area contributed by atoms with Crippen molar-refractivity contribution in [3.8, 4) is 39.3 Å². The van der Waals surface area contributed by atoms with Crippen molar-refractivity contribution in [3.63, 3.8) is 0 Å². The fourth-order valence-electron chi connectivity index (χ4n) is 6.51. The Morgan fingerprint density at radius 2 is 1.32 bits per heavy atom. The molecule has 2 heterocycles. The van der Waals surface area contributed by atoms with Gasteiger partial charge < -0.3 is 4.42 Å². The minimum Gasteiger partial charge on any atom is -0.464 e. The van der Waals surface area contributed by atoms with Crippen molar-refractivity contribution in [1.29, 1.82) is 0 Å². The Bertz CT molecular complexity index is 2220. The molecule has 8 rings (SSSR count). The summed E-state index contributed by atoms with van der Waals surface area (Å²) >= 11 is 0. The lowest BCUT2D eigenvalue weighted by Crippen LogP contribution is -2.03. The first-order chi connectivity index (χ1) is 21.6. The van der Waals surface area contributed by atoms with Gasteiger partial charge in [-0.05, 0) is 64.1 Å². The third-order valence-electron chi connectivity index (χ3n) is 8.47. The van der Waals surface area contributed by atoms with Crippen LogP contribution in [0.1, 0.15) is 19.4 Å². The standard InChI is InChI=1S/C41H32N2O/c1-27(2)22-28-20-21-31-25-39-35(24-32(31)23-28)36(26-44-39)41-42-37-18-9-10-19-38(37)43(41)40-33(29-12-5-3-6-13-29)16-11-17-34(40)30-14-7-4-8-15-30/h3-21,23-27H,22H2,1-2H3. The number of hydrogen-bond acceptors (Lipinski definition) is 2. The van der Waals surface area contributed by atoms with Crippen LogP contribution in [0.4, 0.5) is 0 Å². The van der Waals surface area contributed by atoms with Gasteiger partial charge in [0.15, 0.2) is 0 Å². The molecule has 0 N–H and O–H groups in total. The average Bonchev–Trinajstić information content (AvgIpc) is 3.64. The summed E-state index contributed by atoms with van der Waals surface area (Å²) in [5.74, 6) is 1.47. The second-order valence-corrected chi connectivity index (χ2v) is 12.0. The first kappa shape index (κ1) is 26.2. The summed E-state index contributed by atoms with van der Waals surface area (Å²) in [5.41, 5.74) is 10.9. The van der Waals surface area contributed by atoms with Gasteiger partial charge in [-0.25, -0.2) is 4.98 Å². The van der Waals surface area contributed by atoms with Gasteiger partial charge in [-0.1, -0.05) is 123 Å². The number of nitrogens with zero attached hydrogens (tertiary/aromatic N) is 2. The monoisotopic (exact) mass is 568 g/mol. The van der Waals surface area contributed by atoms with Crippen molar-refractivity contribution < 1.29 is 4.42 Å². The van der Waals surface area contributed by atoms with E-state index in [0.717, 1.165) is 67.8 Å². The van der Waals surface area contributed by atoms with Gasteiger partial charge in [-0.3, -0.25) is 4.57 Å². The van der Waals surface area contributed by atoms with Gasteiger partial charge in [0, 0.05) is 16.5 Å². The van der Waals surface area contributed by atoms with E-state index in [4.69, 9.17) is 9.40 Å². The maximum atomic E-state index is 6.27. The highest BCUT2D eigenvalue weighted by molar-refractivity contribution is 6.04. The van der Waals surface area contributed by atoms with Gasteiger partial charge in [0.05, 0.1) is 22.3 Å². The highest BCUT2D eigenvalue weighted by Gasteiger charge is 2.23. The number of rotatable bonds is 6. The minimum atomic E-state index is 0.601. The molecule has 3 nitrogen and oxygen atoms in total. The number of fused-ring (bicyclic) bond motifs is 3. The van der Waals surface area contributed by atoms with E-state index in [1.165, 1.54) is 16.3 Å². The molecule has 0 aliphatic rings. The molecule has 0 spiro atoms. The maximum Gasteiger partial charge on any atom is 0.149 e. The SMILES string of the molecule is CC(C)Cc1ccc2cc3occ(-c4nc5ccccc5n4-c4c(-c5ccccc5)cccc4-c4ccccc4)c3cc2c1. The van der Waals surface area contributed by atoms with E-state index in [1.807, 2.05) is 6.26 Å². The van der Waals surface area contributed by atoms with E-state index < -0.39 is 0 Å².